The summed E-state index contributed by atoms with van der Waals surface area (Å²) in [6.07, 6.45) is 10.2. The Labute approximate surface area is 239 Å². The first-order valence-electron chi connectivity index (χ1n) is 13.6. The summed E-state index contributed by atoms with van der Waals surface area (Å²) in [5.41, 5.74) is 10.8. The summed E-state index contributed by atoms with van der Waals surface area (Å²) in [6.45, 7) is 6.55. The van der Waals surface area contributed by atoms with E-state index in [1.54, 1.807) is 32.2 Å². The molecule has 0 radical (unpaired) electrons. The van der Waals surface area contributed by atoms with Gasteiger partial charge in [0, 0.05) is 43.8 Å². The number of carboxylic acid groups (broad SMARTS) is 1. The highest BCUT2D eigenvalue weighted by Crippen LogP contribution is 2.33. The molecule has 214 valence electrons. The molecule has 5 N–H and O–H groups in total. The number of H-pyrrole nitrogens is 1. The van der Waals surface area contributed by atoms with Crippen molar-refractivity contribution in [2.75, 3.05) is 13.1 Å². The van der Waals surface area contributed by atoms with Gasteiger partial charge in [0.2, 0.25) is 5.91 Å². The number of amides is 1. The maximum absolute atomic E-state index is 11.4. The van der Waals surface area contributed by atoms with Gasteiger partial charge in [-0.25, -0.2) is 19.7 Å². The number of nitrogens with one attached hydrogen (secondary N) is 2. The van der Waals surface area contributed by atoms with Crippen LogP contribution in [-0.2, 0) is 19.5 Å². The zero-order valence-corrected chi connectivity index (χ0v) is 23.4. The second kappa shape index (κ2) is 14.2. The largest absolute Gasteiger partial charge is 0.478 e. The summed E-state index contributed by atoms with van der Waals surface area (Å²) >= 11 is 0. The zero-order valence-electron chi connectivity index (χ0n) is 23.4. The number of carbonyl (C=O) groups is 2. The molecule has 1 aliphatic carbocycles. The second-order valence-corrected chi connectivity index (χ2v) is 9.92. The van der Waals surface area contributed by atoms with Crippen LogP contribution >= 0.6 is 0 Å². The van der Waals surface area contributed by atoms with Crippen LogP contribution in [0.2, 0.25) is 0 Å². The van der Waals surface area contributed by atoms with Crippen molar-refractivity contribution in [1.82, 2.24) is 35.1 Å². The van der Waals surface area contributed by atoms with E-state index in [1.807, 2.05) is 30.6 Å². The fourth-order valence-electron chi connectivity index (χ4n) is 5.02. The van der Waals surface area contributed by atoms with Crippen LogP contribution in [0.3, 0.4) is 0 Å². The van der Waals surface area contributed by atoms with Crippen molar-refractivity contribution in [2.24, 2.45) is 5.73 Å². The van der Waals surface area contributed by atoms with Gasteiger partial charge in [0.05, 0.1) is 29.7 Å². The van der Waals surface area contributed by atoms with Crippen molar-refractivity contribution in [3.05, 3.63) is 106 Å². The summed E-state index contributed by atoms with van der Waals surface area (Å²) in [5.74, 6) is -0.431. The van der Waals surface area contributed by atoms with E-state index in [2.05, 4.69) is 36.2 Å². The molecule has 0 saturated heterocycles. The molecule has 11 heteroatoms. The van der Waals surface area contributed by atoms with E-state index in [4.69, 9.17) is 15.8 Å². The molecular weight excluding hydrogens is 520 g/mol. The molecule has 1 atom stereocenters. The topological polar surface area (TPSA) is 163 Å². The number of primary amides is 1. The number of aryl methyl sites for hydroxylation is 3. The summed E-state index contributed by atoms with van der Waals surface area (Å²) < 4.78 is 0. The van der Waals surface area contributed by atoms with E-state index in [0.717, 1.165) is 43.9 Å². The minimum Gasteiger partial charge on any atom is -0.478 e. The third kappa shape index (κ3) is 8.03. The van der Waals surface area contributed by atoms with Gasteiger partial charge in [0.25, 0.3) is 0 Å². The summed E-state index contributed by atoms with van der Waals surface area (Å²) in [4.78, 5) is 44.1. The Bertz CT molecular complexity index is 1420. The molecule has 1 amide bonds. The average Bonchev–Trinajstić information content (AvgIpc) is 3.48. The number of imidazole rings is 1. The number of aromatic amines is 1. The van der Waals surface area contributed by atoms with Crippen molar-refractivity contribution >= 4 is 11.9 Å². The van der Waals surface area contributed by atoms with E-state index in [-0.39, 0.29) is 11.6 Å². The molecule has 0 spiro atoms. The molecule has 1 aliphatic rings. The van der Waals surface area contributed by atoms with E-state index in [9.17, 15) is 9.59 Å². The maximum atomic E-state index is 11.4. The number of hydrogen-bond donors (Lipinski definition) is 4. The van der Waals surface area contributed by atoms with E-state index < -0.39 is 11.9 Å². The van der Waals surface area contributed by atoms with Crippen LogP contribution in [0.15, 0.2) is 61.3 Å². The standard InChI is InChI=1S/C23H28N6O.C7H8N2O2/c24-23(30)19-8-6-17(7-9-19)16-29(14-13-25-15-21-26-11-12-27-21)20-5-1-3-18-4-2-10-28-22(18)20;1-4-6(7(10)11)5(2)9-3-8-4/h2,4,6-12,20,25H,1,3,5,13-16H2,(H2,24,30)(H,26,27);3H,1-2H3,(H,10,11). The quantitative estimate of drug-likeness (QED) is 0.214. The summed E-state index contributed by atoms with van der Waals surface area (Å²) in [5, 5.41) is 12.1. The Balaban J connectivity index is 0.000000296. The molecule has 41 heavy (non-hydrogen) atoms. The molecule has 0 saturated carbocycles. The average molecular weight is 557 g/mol. The monoisotopic (exact) mass is 556 g/mol. The van der Waals surface area contributed by atoms with Gasteiger partial charge in [-0.2, -0.15) is 0 Å². The number of benzene rings is 1. The van der Waals surface area contributed by atoms with Crippen molar-refractivity contribution in [3.8, 4) is 0 Å². The predicted molar refractivity (Wildman–Crippen MR) is 154 cm³/mol. The molecule has 3 aromatic heterocycles. The highest BCUT2D eigenvalue weighted by atomic mass is 16.4. The lowest BCUT2D eigenvalue weighted by Gasteiger charge is -2.35. The molecule has 0 fully saturated rings. The fraction of sp³-hybridized carbons (Fsp3) is 0.333. The minimum atomic E-state index is -0.972. The number of fused-ring (bicyclic) bond motifs is 1. The molecule has 11 nitrogen and oxygen atoms in total. The Morgan fingerprint density at radius 2 is 1.83 bits per heavy atom. The van der Waals surface area contributed by atoms with Gasteiger partial charge in [0.15, 0.2) is 0 Å². The predicted octanol–water partition coefficient (Wildman–Crippen LogP) is 3.36. The number of carboxylic acids is 1. The van der Waals surface area contributed by atoms with Gasteiger partial charge in [-0.3, -0.25) is 14.7 Å². The maximum Gasteiger partial charge on any atom is 0.339 e. The van der Waals surface area contributed by atoms with Crippen molar-refractivity contribution in [2.45, 2.75) is 52.2 Å². The van der Waals surface area contributed by atoms with Crippen LogP contribution in [0.25, 0.3) is 0 Å². The lowest BCUT2D eigenvalue weighted by molar-refractivity contribution is 0.0694. The van der Waals surface area contributed by atoms with E-state index in [0.29, 0.717) is 23.5 Å². The van der Waals surface area contributed by atoms with Gasteiger partial charge in [0.1, 0.15) is 17.7 Å². The lowest BCUT2D eigenvalue weighted by Crippen LogP contribution is -2.36. The number of carbonyl (C=O) groups excluding carboxylic acids is 1. The van der Waals surface area contributed by atoms with Gasteiger partial charge in [-0.15, -0.1) is 0 Å². The normalized spacial score (nSPS) is 14.2. The van der Waals surface area contributed by atoms with Crippen molar-refractivity contribution in [1.29, 1.82) is 0 Å². The number of nitrogens with two attached hydrogens (primary N) is 1. The fourth-order valence-corrected chi connectivity index (χ4v) is 5.02. The lowest BCUT2D eigenvalue weighted by atomic mass is 9.90. The minimum absolute atomic E-state index is 0.201. The van der Waals surface area contributed by atoms with Crippen LogP contribution < -0.4 is 11.1 Å². The first kappa shape index (κ1) is 29.5. The number of nitrogens with zero attached hydrogens (tertiary/aromatic N) is 5. The Hall–Kier alpha value is -4.48. The smallest absolute Gasteiger partial charge is 0.339 e. The van der Waals surface area contributed by atoms with E-state index in [1.165, 1.54) is 24.0 Å². The Morgan fingerprint density at radius 1 is 1.07 bits per heavy atom. The third-order valence-corrected chi connectivity index (χ3v) is 7.09. The molecule has 3 heterocycles. The van der Waals surface area contributed by atoms with Crippen molar-refractivity contribution in [3.63, 3.8) is 0 Å². The number of pyridine rings is 1. The van der Waals surface area contributed by atoms with Crippen LogP contribution in [-0.4, -0.2) is 59.9 Å². The first-order chi connectivity index (χ1) is 19.8. The zero-order chi connectivity index (χ0) is 29.2. The number of aromatic carboxylic acids is 1. The second-order valence-electron chi connectivity index (χ2n) is 9.92. The Morgan fingerprint density at radius 3 is 2.46 bits per heavy atom. The van der Waals surface area contributed by atoms with Crippen LogP contribution in [0, 0.1) is 13.8 Å². The van der Waals surface area contributed by atoms with Gasteiger partial charge >= 0.3 is 5.97 Å². The molecule has 0 bridgehead atoms. The van der Waals surface area contributed by atoms with Crippen LogP contribution in [0.5, 0.6) is 0 Å². The SMILES string of the molecule is Cc1ncnc(C)c1C(=O)O.NC(=O)c1ccc(CN(CCNCc2ncc[nH]2)C2CCCc3cccnc32)cc1. The number of rotatable bonds is 10. The molecule has 1 aromatic carbocycles. The highest BCUT2D eigenvalue weighted by Gasteiger charge is 2.27. The van der Waals surface area contributed by atoms with Gasteiger partial charge in [-0.05, 0) is 62.4 Å². The van der Waals surface area contributed by atoms with Gasteiger partial charge in [-0.1, -0.05) is 18.2 Å². The molecule has 1 unspecified atom stereocenters. The summed E-state index contributed by atoms with van der Waals surface area (Å²) in [7, 11) is 0. The summed E-state index contributed by atoms with van der Waals surface area (Å²) in [6, 6.07) is 12.1. The molecule has 0 aliphatic heterocycles. The Kier molecular flexibility index (Phi) is 10.2. The third-order valence-electron chi connectivity index (χ3n) is 7.09. The van der Waals surface area contributed by atoms with Crippen molar-refractivity contribution < 1.29 is 14.7 Å². The molecule has 4 aromatic rings. The first-order valence-corrected chi connectivity index (χ1v) is 13.6. The molecule has 5 rings (SSSR count). The number of hydrogen-bond acceptors (Lipinski definition) is 8. The molecular formula is C30H36N8O3. The van der Waals surface area contributed by atoms with E-state index >= 15 is 0 Å². The highest BCUT2D eigenvalue weighted by molar-refractivity contribution is 5.92. The van der Waals surface area contributed by atoms with Crippen LogP contribution in [0.4, 0.5) is 0 Å². The number of aromatic nitrogens is 5. The van der Waals surface area contributed by atoms with Gasteiger partial charge < -0.3 is 21.1 Å². The van der Waals surface area contributed by atoms with Crippen LogP contribution in [0.1, 0.15) is 73.6 Å².